The van der Waals surface area contributed by atoms with Gasteiger partial charge < -0.3 is 10.4 Å². The highest BCUT2D eigenvalue weighted by atomic mass is 32.2. The van der Waals surface area contributed by atoms with E-state index in [0.717, 1.165) is 19.3 Å². The van der Waals surface area contributed by atoms with Gasteiger partial charge in [-0.3, -0.25) is 10.1 Å². The smallest absolute Gasteiger partial charge is 0.336 e. The quantitative estimate of drug-likeness (QED) is 0.274. The number of rotatable bonds is 14. The number of carboxylic acid groups (broad SMARTS) is 1. The minimum Gasteiger partial charge on any atom is -0.479 e. The number of carbonyl (C=O) groups is 2. The van der Waals surface area contributed by atoms with E-state index in [0.29, 0.717) is 12.8 Å². The molecule has 25 heavy (non-hydrogen) atoms. The SMILES string of the molecule is CCC(CC)(CC)NC(C)C(=O)C(CC)(CC)NC(NSC)C(=O)O. The van der Waals surface area contributed by atoms with Crippen LogP contribution in [0.25, 0.3) is 0 Å². The number of ketones is 1. The first kappa shape index (κ1) is 24.4. The normalized spacial score (nSPS) is 15.0. The maximum absolute atomic E-state index is 13.3. The molecule has 0 aromatic carbocycles. The summed E-state index contributed by atoms with van der Waals surface area (Å²) in [6, 6.07) is -0.351. The van der Waals surface area contributed by atoms with E-state index in [-0.39, 0.29) is 17.4 Å². The van der Waals surface area contributed by atoms with E-state index in [9.17, 15) is 14.7 Å². The number of Topliss-reactive ketones (excluding diaryl/α,β-unsaturated/α-hetero) is 1. The van der Waals surface area contributed by atoms with Crippen LogP contribution in [0.15, 0.2) is 0 Å². The van der Waals surface area contributed by atoms with Crippen molar-refractivity contribution < 1.29 is 14.7 Å². The summed E-state index contributed by atoms with van der Waals surface area (Å²) in [4.78, 5) is 24.8. The van der Waals surface area contributed by atoms with Gasteiger partial charge in [0.25, 0.3) is 0 Å². The zero-order valence-electron chi connectivity index (χ0n) is 16.9. The van der Waals surface area contributed by atoms with Gasteiger partial charge in [0, 0.05) is 5.54 Å². The highest BCUT2D eigenvalue weighted by Gasteiger charge is 2.42. The van der Waals surface area contributed by atoms with E-state index < -0.39 is 17.7 Å². The van der Waals surface area contributed by atoms with Gasteiger partial charge in [-0.1, -0.05) is 46.6 Å². The molecule has 0 aliphatic carbocycles. The Labute approximate surface area is 157 Å². The Morgan fingerprint density at radius 3 is 1.76 bits per heavy atom. The van der Waals surface area contributed by atoms with Gasteiger partial charge in [-0.25, -0.2) is 9.52 Å². The van der Waals surface area contributed by atoms with E-state index in [1.54, 1.807) is 6.26 Å². The van der Waals surface area contributed by atoms with Crippen LogP contribution in [0.1, 0.15) is 73.6 Å². The summed E-state index contributed by atoms with van der Waals surface area (Å²) in [7, 11) is 0. The average Bonchev–Trinajstić information content (AvgIpc) is 2.62. The van der Waals surface area contributed by atoms with Gasteiger partial charge in [0.15, 0.2) is 11.9 Å². The fourth-order valence-electron chi connectivity index (χ4n) is 3.40. The van der Waals surface area contributed by atoms with E-state index >= 15 is 0 Å². The molecule has 0 fully saturated rings. The molecule has 7 heteroatoms. The second-order valence-electron chi connectivity index (χ2n) is 6.60. The van der Waals surface area contributed by atoms with Crippen molar-refractivity contribution in [3.8, 4) is 0 Å². The molecule has 0 aromatic rings. The van der Waals surface area contributed by atoms with Crippen LogP contribution in [-0.2, 0) is 9.59 Å². The summed E-state index contributed by atoms with van der Waals surface area (Å²) in [5.41, 5.74) is -0.939. The summed E-state index contributed by atoms with van der Waals surface area (Å²) < 4.78 is 2.81. The third-order valence-corrected chi connectivity index (χ3v) is 6.00. The lowest BCUT2D eigenvalue weighted by atomic mass is 9.82. The van der Waals surface area contributed by atoms with Crippen molar-refractivity contribution in [2.75, 3.05) is 6.26 Å². The maximum Gasteiger partial charge on any atom is 0.336 e. The summed E-state index contributed by atoms with van der Waals surface area (Å²) in [5.74, 6) is -0.995. The molecule has 0 radical (unpaired) electrons. The van der Waals surface area contributed by atoms with Gasteiger partial charge in [0.1, 0.15) is 0 Å². The van der Waals surface area contributed by atoms with Crippen LogP contribution in [0.4, 0.5) is 0 Å². The van der Waals surface area contributed by atoms with Crippen molar-refractivity contribution >= 4 is 23.7 Å². The van der Waals surface area contributed by atoms with Crippen LogP contribution < -0.4 is 15.4 Å². The number of hydrogen-bond donors (Lipinski definition) is 4. The number of aliphatic carboxylic acids is 1. The Bertz CT molecular complexity index is 416. The van der Waals surface area contributed by atoms with Crippen LogP contribution >= 0.6 is 11.9 Å². The molecule has 2 unspecified atom stereocenters. The third-order valence-electron chi connectivity index (χ3n) is 5.53. The molecular formula is C18H37N3O3S. The minimum absolute atomic E-state index is 0.0198. The summed E-state index contributed by atoms with van der Waals surface area (Å²) in [5, 5.41) is 16.0. The van der Waals surface area contributed by atoms with E-state index in [1.165, 1.54) is 11.9 Å². The first-order valence-corrected chi connectivity index (χ1v) is 10.5. The molecule has 0 aromatic heterocycles. The number of nitrogens with one attached hydrogen (secondary N) is 3. The van der Waals surface area contributed by atoms with Gasteiger partial charge in [-0.2, -0.15) is 0 Å². The summed E-state index contributed by atoms with van der Waals surface area (Å²) >= 11 is 1.22. The molecule has 0 aliphatic rings. The standard InChI is InChI=1S/C18H37N3O3S/c1-8-17(9-2,10-3)19-13(6)14(22)18(11-4,12-5)20-15(16(23)24)21-25-7/h13,15,19-21H,8-12H2,1-7H3,(H,23,24). The van der Waals surface area contributed by atoms with Crippen molar-refractivity contribution in [3.63, 3.8) is 0 Å². The molecule has 0 amide bonds. The van der Waals surface area contributed by atoms with Crippen LogP contribution in [0.3, 0.4) is 0 Å². The zero-order valence-corrected chi connectivity index (χ0v) is 17.7. The minimum atomic E-state index is -1.01. The average molecular weight is 376 g/mol. The Hall–Kier alpha value is -0.630. The lowest BCUT2D eigenvalue weighted by molar-refractivity contribution is -0.141. The monoisotopic (exact) mass is 375 g/mol. The third kappa shape index (κ3) is 6.24. The highest BCUT2D eigenvalue weighted by molar-refractivity contribution is 7.96. The topological polar surface area (TPSA) is 90.5 Å². The van der Waals surface area contributed by atoms with Gasteiger partial charge in [-0.15, -0.1) is 0 Å². The molecule has 0 aliphatic heterocycles. The lowest BCUT2D eigenvalue weighted by Gasteiger charge is -2.40. The second-order valence-corrected chi connectivity index (χ2v) is 7.24. The van der Waals surface area contributed by atoms with Crippen LogP contribution in [0.2, 0.25) is 0 Å². The lowest BCUT2D eigenvalue weighted by Crippen LogP contribution is -2.65. The molecule has 0 heterocycles. The molecule has 0 spiro atoms. The summed E-state index contributed by atoms with van der Waals surface area (Å²) in [6.45, 7) is 12.1. The van der Waals surface area contributed by atoms with Crippen LogP contribution in [0, 0.1) is 0 Å². The fraction of sp³-hybridized carbons (Fsp3) is 0.889. The number of carboxylic acids is 1. The molecular weight excluding hydrogens is 338 g/mol. The largest absolute Gasteiger partial charge is 0.479 e. The second kappa shape index (κ2) is 11.2. The predicted octanol–water partition coefficient (Wildman–Crippen LogP) is 2.93. The molecule has 0 saturated heterocycles. The van der Waals surface area contributed by atoms with Crippen molar-refractivity contribution in [1.29, 1.82) is 0 Å². The Kier molecular flexibility index (Phi) is 10.9. The van der Waals surface area contributed by atoms with E-state index in [4.69, 9.17) is 0 Å². The Morgan fingerprint density at radius 2 is 1.44 bits per heavy atom. The molecule has 0 saturated carbocycles. The maximum atomic E-state index is 13.3. The number of hydrogen-bond acceptors (Lipinski definition) is 6. The first-order valence-electron chi connectivity index (χ1n) is 9.32. The molecule has 2 atom stereocenters. The highest BCUT2D eigenvalue weighted by Crippen LogP contribution is 2.24. The van der Waals surface area contributed by atoms with E-state index in [2.05, 4.69) is 36.1 Å². The fourth-order valence-corrected chi connectivity index (χ4v) is 3.80. The molecule has 6 nitrogen and oxygen atoms in total. The molecule has 148 valence electrons. The van der Waals surface area contributed by atoms with E-state index in [1.807, 2.05) is 20.8 Å². The zero-order chi connectivity index (χ0) is 19.7. The van der Waals surface area contributed by atoms with Crippen molar-refractivity contribution in [2.45, 2.75) is 96.9 Å². The van der Waals surface area contributed by atoms with Crippen molar-refractivity contribution in [1.82, 2.24) is 15.4 Å². The van der Waals surface area contributed by atoms with Gasteiger partial charge >= 0.3 is 5.97 Å². The number of carbonyl (C=O) groups excluding carboxylic acids is 1. The Morgan fingerprint density at radius 1 is 0.960 bits per heavy atom. The molecule has 4 N–H and O–H groups in total. The van der Waals surface area contributed by atoms with Crippen molar-refractivity contribution in [3.05, 3.63) is 0 Å². The molecule has 0 rings (SSSR count). The predicted molar refractivity (Wildman–Crippen MR) is 106 cm³/mol. The molecule has 0 bridgehead atoms. The van der Waals surface area contributed by atoms with Gasteiger partial charge in [-0.05, 0) is 45.3 Å². The van der Waals surface area contributed by atoms with Gasteiger partial charge in [0.2, 0.25) is 0 Å². The Balaban J connectivity index is 5.47. The summed E-state index contributed by atoms with van der Waals surface area (Å²) in [6.07, 6.45) is 4.70. The van der Waals surface area contributed by atoms with Crippen LogP contribution in [-0.4, -0.2) is 46.4 Å². The van der Waals surface area contributed by atoms with Gasteiger partial charge in [0.05, 0.1) is 11.6 Å². The van der Waals surface area contributed by atoms with Crippen LogP contribution in [0.5, 0.6) is 0 Å². The van der Waals surface area contributed by atoms with Crippen molar-refractivity contribution in [2.24, 2.45) is 0 Å². The first-order chi connectivity index (χ1) is 11.7.